The van der Waals surface area contributed by atoms with E-state index in [1.165, 1.54) is 11.1 Å². The second-order valence-corrected chi connectivity index (χ2v) is 8.57. The van der Waals surface area contributed by atoms with Crippen molar-refractivity contribution in [1.29, 1.82) is 0 Å². The summed E-state index contributed by atoms with van der Waals surface area (Å²) >= 11 is 0. The predicted molar refractivity (Wildman–Crippen MR) is 94.8 cm³/mol. The van der Waals surface area contributed by atoms with Gasteiger partial charge in [-0.15, -0.1) is 0 Å². The molecule has 0 spiro atoms. The minimum Gasteiger partial charge on any atom is -0.444 e. The molecule has 1 aromatic rings. The van der Waals surface area contributed by atoms with Gasteiger partial charge < -0.3 is 10.1 Å². The van der Waals surface area contributed by atoms with E-state index in [0.717, 1.165) is 25.1 Å². The SMILES string of the molecule is CC(C)(C)CNC1CCc2cc(NC(=O)OC(C)(C)C)ccc21. The number of ether oxygens (including phenoxy) is 1. The number of rotatable bonds is 3. The number of hydrogen-bond acceptors (Lipinski definition) is 3. The van der Waals surface area contributed by atoms with Gasteiger partial charge >= 0.3 is 6.09 Å². The third-order valence-corrected chi connectivity index (χ3v) is 3.74. The molecule has 1 unspecified atom stereocenters. The molecule has 2 N–H and O–H groups in total. The van der Waals surface area contributed by atoms with E-state index in [2.05, 4.69) is 43.5 Å². The van der Waals surface area contributed by atoms with Crippen LogP contribution in [0.15, 0.2) is 18.2 Å². The zero-order valence-corrected chi connectivity index (χ0v) is 15.2. The smallest absolute Gasteiger partial charge is 0.412 e. The molecule has 4 nitrogen and oxygen atoms in total. The van der Waals surface area contributed by atoms with Gasteiger partial charge in [-0.1, -0.05) is 26.8 Å². The van der Waals surface area contributed by atoms with Crippen molar-refractivity contribution in [3.63, 3.8) is 0 Å². The van der Waals surface area contributed by atoms with Crippen LogP contribution in [0, 0.1) is 5.41 Å². The summed E-state index contributed by atoms with van der Waals surface area (Å²) < 4.78 is 5.30. The topological polar surface area (TPSA) is 50.4 Å². The zero-order chi connectivity index (χ0) is 17.3. The summed E-state index contributed by atoms with van der Waals surface area (Å²) in [6.07, 6.45) is 1.75. The predicted octanol–water partition coefficient (Wildman–Crippen LogP) is 4.66. The highest BCUT2D eigenvalue weighted by molar-refractivity contribution is 5.85. The maximum absolute atomic E-state index is 11.9. The maximum Gasteiger partial charge on any atom is 0.412 e. The fourth-order valence-corrected chi connectivity index (χ4v) is 2.76. The molecule has 1 aromatic carbocycles. The van der Waals surface area contributed by atoms with Gasteiger partial charge in [-0.2, -0.15) is 0 Å². The van der Waals surface area contributed by atoms with E-state index >= 15 is 0 Å². The van der Waals surface area contributed by atoms with E-state index in [-0.39, 0.29) is 5.41 Å². The quantitative estimate of drug-likeness (QED) is 0.852. The van der Waals surface area contributed by atoms with Crippen molar-refractivity contribution < 1.29 is 9.53 Å². The number of nitrogens with one attached hydrogen (secondary N) is 2. The number of aryl methyl sites for hydroxylation is 1. The minimum atomic E-state index is -0.483. The number of amides is 1. The van der Waals surface area contributed by atoms with Crippen molar-refractivity contribution in [1.82, 2.24) is 5.32 Å². The first-order valence-electron chi connectivity index (χ1n) is 8.40. The zero-order valence-electron chi connectivity index (χ0n) is 15.2. The summed E-state index contributed by atoms with van der Waals surface area (Å²) in [6.45, 7) is 13.3. The molecule has 1 amide bonds. The van der Waals surface area contributed by atoms with Crippen molar-refractivity contribution in [2.75, 3.05) is 11.9 Å². The lowest BCUT2D eigenvalue weighted by Crippen LogP contribution is -2.29. The second kappa shape index (κ2) is 6.52. The molecule has 0 heterocycles. The molecular weight excluding hydrogens is 288 g/mol. The standard InChI is InChI=1S/C19H30N2O2/c1-18(2,3)12-20-16-10-7-13-11-14(8-9-15(13)16)21-17(22)23-19(4,5)6/h8-9,11,16,20H,7,10,12H2,1-6H3,(H,21,22). The third-order valence-electron chi connectivity index (χ3n) is 3.74. The minimum absolute atomic E-state index is 0.279. The molecule has 0 saturated carbocycles. The molecule has 0 fully saturated rings. The van der Waals surface area contributed by atoms with Crippen molar-refractivity contribution in [2.45, 2.75) is 66.0 Å². The first-order chi connectivity index (χ1) is 10.5. The Morgan fingerprint density at radius 1 is 1.22 bits per heavy atom. The number of fused-ring (bicyclic) bond motifs is 1. The Hall–Kier alpha value is -1.55. The van der Waals surface area contributed by atoms with Crippen LogP contribution in [0.1, 0.15) is 65.1 Å². The molecule has 1 aliphatic carbocycles. The number of anilines is 1. The number of benzene rings is 1. The van der Waals surface area contributed by atoms with Crippen LogP contribution in [0.2, 0.25) is 0 Å². The summed E-state index contributed by atoms with van der Waals surface area (Å²) in [5.74, 6) is 0. The van der Waals surface area contributed by atoms with Crippen molar-refractivity contribution in [2.24, 2.45) is 5.41 Å². The van der Waals surface area contributed by atoms with Crippen LogP contribution in [0.25, 0.3) is 0 Å². The number of carbonyl (C=O) groups is 1. The monoisotopic (exact) mass is 318 g/mol. The van der Waals surface area contributed by atoms with E-state index in [1.54, 1.807) is 0 Å². The second-order valence-electron chi connectivity index (χ2n) is 8.57. The lowest BCUT2D eigenvalue weighted by Gasteiger charge is -2.23. The van der Waals surface area contributed by atoms with E-state index in [1.807, 2.05) is 26.8 Å². The molecule has 1 atom stereocenters. The van der Waals surface area contributed by atoms with E-state index in [4.69, 9.17) is 4.74 Å². The summed E-state index contributed by atoms with van der Waals surface area (Å²) in [5, 5.41) is 6.47. The van der Waals surface area contributed by atoms with E-state index in [0.29, 0.717) is 6.04 Å². The average molecular weight is 318 g/mol. The maximum atomic E-state index is 11.9. The van der Waals surface area contributed by atoms with Crippen molar-refractivity contribution >= 4 is 11.8 Å². The van der Waals surface area contributed by atoms with Gasteiger partial charge in [-0.3, -0.25) is 5.32 Å². The summed E-state index contributed by atoms with van der Waals surface area (Å²) in [7, 11) is 0. The molecule has 0 bridgehead atoms. The van der Waals surface area contributed by atoms with Gasteiger partial charge in [-0.05, 0) is 62.3 Å². The fraction of sp³-hybridized carbons (Fsp3) is 0.632. The Kier molecular flexibility index (Phi) is 5.04. The molecule has 4 heteroatoms. The van der Waals surface area contributed by atoms with Crippen LogP contribution < -0.4 is 10.6 Å². The van der Waals surface area contributed by atoms with Gasteiger partial charge in [0.05, 0.1) is 0 Å². The first-order valence-corrected chi connectivity index (χ1v) is 8.40. The van der Waals surface area contributed by atoms with Crippen LogP contribution in [0.4, 0.5) is 10.5 Å². The normalized spacial score (nSPS) is 17.7. The van der Waals surface area contributed by atoms with Gasteiger partial charge in [0, 0.05) is 18.3 Å². The van der Waals surface area contributed by atoms with Crippen LogP contribution in [0.3, 0.4) is 0 Å². The van der Waals surface area contributed by atoms with Gasteiger partial charge in [-0.25, -0.2) is 4.79 Å². The van der Waals surface area contributed by atoms with Crippen LogP contribution >= 0.6 is 0 Å². The Labute approximate surface area is 140 Å². The van der Waals surface area contributed by atoms with Crippen molar-refractivity contribution in [3.05, 3.63) is 29.3 Å². The lowest BCUT2D eigenvalue weighted by molar-refractivity contribution is 0.0636. The molecular formula is C19H30N2O2. The van der Waals surface area contributed by atoms with E-state index in [9.17, 15) is 4.79 Å². The summed E-state index contributed by atoms with van der Waals surface area (Å²) in [4.78, 5) is 11.9. The molecule has 0 saturated heterocycles. The first kappa shape index (κ1) is 17.8. The fourth-order valence-electron chi connectivity index (χ4n) is 2.76. The number of hydrogen-bond donors (Lipinski definition) is 2. The van der Waals surface area contributed by atoms with Crippen LogP contribution in [0.5, 0.6) is 0 Å². The Morgan fingerprint density at radius 3 is 2.52 bits per heavy atom. The largest absolute Gasteiger partial charge is 0.444 e. The van der Waals surface area contributed by atoms with Gasteiger partial charge in [0.25, 0.3) is 0 Å². The van der Waals surface area contributed by atoms with Crippen LogP contribution in [-0.4, -0.2) is 18.2 Å². The van der Waals surface area contributed by atoms with E-state index < -0.39 is 11.7 Å². The Morgan fingerprint density at radius 2 is 1.91 bits per heavy atom. The highest BCUT2D eigenvalue weighted by atomic mass is 16.6. The average Bonchev–Trinajstić information content (AvgIpc) is 2.75. The Balaban J connectivity index is 2.00. The number of carbonyl (C=O) groups excluding carboxylic acids is 1. The summed E-state index contributed by atoms with van der Waals surface area (Å²) in [6, 6.07) is 6.56. The molecule has 0 radical (unpaired) electrons. The highest BCUT2D eigenvalue weighted by Gasteiger charge is 2.24. The van der Waals surface area contributed by atoms with Gasteiger partial charge in [0.2, 0.25) is 0 Å². The van der Waals surface area contributed by atoms with Gasteiger partial charge in [0.1, 0.15) is 5.60 Å². The van der Waals surface area contributed by atoms with Gasteiger partial charge in [0.15, 0.2) is 0 Å². The molecule has 0 aliphatic heterocycles. The summed E-state index contributed by atoms with van der Waals surface area (Å²) in [5.41, 5.74) is 3.26. The Bertz CT molecular complexity index is 568. The third kappa shape index (κ3) is 5.54. The molecule has 23 heavy (non-hydrogen) atoms. The highest BCUT2D eigenvalue weighted by Crippen LogP contribution is 2.33. The molecule has 128 valence electrons. The molecule has 2 rings (SSSR count). The molecule has 1 aliphatic rings. The van der Waals surface area contributed by atoms with Crippen LogP contribution in [-0.2, 0) is 11.2 Å². The van der Waals surface area contributed by atoms with Crippen molar-refractivity contribution in [3.8, 4) is 0 Å². The molecule has 0 aromatic heterocycles. The lowest BCUT2D eigenvalue weighted by atomic mass is 9.96.